The predicted molar refractivity (Wildman–Crippen MR) is 49.3 cm³/mol. The topological polar surface area (TPSA) is 25.8 Å². The van der Waals surface area contributed by atoms with E-state index in [1.165, 1.54) is 5.56 Å². The Morgan fingerprint density at radius 2 is 2.00 bits per heavy atom. The van der Waals surface area contributed by atoms with Gasteiger partial charge in [0.05, 0.1) is 5.52 Å². The molecule has 0 saturated heterocycles. The fourth-order valence-electron chi connectivity index (χ4n) is 1.12. The second kappa shape index (κ2) is 2.72. The van der Waals surface area contributed by atoms with Crippen LogP contribution in [0.15, 0.2) is 24.3 Å². The van der Waals surface area contributed by atoms with Crippen LogP contribution in [0.2, 0.25) is 5.15 Å². The lowest BCUT2D eigenvalue weighted by molar-refractivity contribution is 1.07. The van der Waals surface area contributed by atoms with Gasteiger partial charge in [0.25, 0.3) is 0 Å². The molecule has 0 unspecified atom stereocenters. The van der Waals surface area contributed by atoms with Crippen LogP contribution in [0.5, 0.6) is 0 Å². The molecule has 3 heteroatoms. The Morgan fingerprint density at radius 3 is 2.83 bits per heavy atom. The molecule has 60 valence electrons. The smallest absolute Gasteiger partial charge is 0.149 e. The Bertz CT molecular complexity index is 385. The normalized spacial score (nSPS) is 10.5. The minimum absolute atomic E-state index is 0.436. The molecule has 1 heterocycles. The van der Waals surface area contributed by atoms with Gasteiger partial charge in [-0.2, -0.15) is 0 Å². The molecule has 0 fully saturated rings. The molecule has 0 saturated carbocycles. The Balaban J connectivity index is 2.79. The molecule has 0 radical (unpaired) electrons. The number of benzene rings is 1. The van der Waals surface area contributed by atoms with Crippen molar-refractivity contribution in [1.29, 1.82) is 0 Å². The maximum Gasteiger partial charge on any atom is 0.152 e. The van der Waals surface area contributed by atoms with Crippen molar-refractivity contribution in [2.75, 3.05) is 0 Å². The van der Waals surface area contributed by atoms with Crippen LogP contribution in [0, 0.1) is 6.92 Å². The van der Waals surface area contributed by atoms with Crippen LogP contribution in [0.1, 0.15) is 5.56 Å². The van der Waals surface area contributed by atoms with Gasteiger partial charge < -0.3 is 0 Å². The molecule has 1 aromatic carbocycles. The van der Waals surface area contributed by atoms with Crippen LogP contribution in [0.25, 0.3) is 10.9 Å². The number of hydrogen-bond acceptors (Lipinski definition) is 2. The summed E-state index contributed by atoms with van der Waals surface area (Å²) in [6, 6.07) is 7.81. The van der Waals surface area contributed by atoms with Crippen molar-refractivity contribution in [2.24, 2.45) is 0 Å². The van der Waals surface area contributed by atoms with Gasteiger partial charge in [-0.05, 0) is 24.6 Å². The van der Waals surface area contributed by atoms with Crippen molar-refractivity contribution in [3.05, 3.63) is 35.0 Å². The zero-order valence-electron chi connectivity index (χ0n) is 6.58. The summed E-state index contributed by atoms with van der Waals surface area (Å²) in [5.74, 6) is 0. The molecular weight excluding hydrogens is 172 g/mol. The summed E-state index contributed by atoms with van der Waals surface area (Å²) < 4.78 is 0. The Hall–Kier alpha value is -1.15. The number of nitrogens with zero attached hydrogens (tertiary/aromatic N) is 2. The van der Waals surface area contributed by atoms with Gasteiger partial charge in [0.1, 0.15) is 0 Å². The Kier molecular flexibility index (Phi) is 1.70. The molecule has 1 aromatic heterocycles. The molecule has 0 aliphatic carbocycles. The third-order valence-electron chi connectivity index (χ3n) is 1.71. The number of halogens is 1. The second-order valence-electron chi connectivity index (χ2n) is 2.73. The van der Waals surface area contributed by atoms with E-state index in [0.717, 1.165) is 10.9 Å². The van der Waals surface area contributed by atoms with E-state index in [4.69, 9.17) is 11.6 Å². The third-order valence-corrected chi connectivity index (χ3v) is 1.90. The summed E-state index contributed by atoms with van der Waals surface area (Å²) in [6.45, 7) is 2.02. The maximum atomic E-state index is 5.68. The average molecular weight is 179 g/mol. The maximum absolute atomic E-state index is 5.68. The number of hydrogen-bond donors (Lipinski definition) is 0. The minimum Gasteiger partial charge on any atom is -0.149 e. The van der Waals surface area contributed by atoms with Gasteiger partial charge in [-0.1, -0.05) is 23.7 Å². The van der Waals surface area contributed by atoms with Gasteiger partial charge in [0.15, 0.2) is 5.15 Å². The van der Waals surface area contributed by atoms with Crippen LogP contribution < -0.4 is 0 Å². The largest absolute Gasteiger partial charge is 0.152 e. The summed E-state index contributed by atoms with van der Waals surface area (Å²) in [4.78, 5) is 0. The van der Waals surface area contributed by atoms with E-state index in [-0.39, 0.29) is 0 Å². The standard InChI is InChI=1S/C9H7ClN2/c1-6-2-3-7-5-9(10)12-11-8(7)4-6/h2-5H,1H3. The lowest BCUT2D eigenvalue weighted by Gasteiger charge is -1.96. The molecular formula is C9H7ClN2. The summed E-state index contributed by atoms with van der Waals surface area (Å²) in [5, 5.41) is 9.19. The lowest BCUT2D eigenvalue weighted by atomic mass is 10.2. The van der Waals surface area contributed by atoms with Crippen molar-refractivity contribution in [2.45, 2.75) is 6.92 Å². The predicted octanol–water partition coefficient (Wildman–Crippen LogP) is 2.59. The van der Waals surface area contributed by atoms with Crippen LogP contribution in [-0.2, 0) is 0 Å². The van der Waals surface area contributed by atoms with Crippen molar-refractivity contribution in [1.82, 2.24) is 10.2 Å². The van der Waals surface area contributed by atoms with Gasteiger partial charge in [-0.15, -0.1) is 10.2 Å². The quantitative estimate of drug-likeness (QED) is 0.620. The first-order chi connectivity index (χ1) is 5.75. The molecule has 0 atom stereocenters. The molecule has 0 aliphatic heterocycles. The summed E-state index contributed by atoms with van der Waals surface area (Å²) in [5.41, 5.74) is 2.07. The van der Waals surface area contributed by atoms with Gasteiger partial charge in [0, 0.05) is 5.39 Å². The summed E-state index contributed by atoms with van der Waals surface area (Å²) in [7, 11) is 0. The molecule has 0 N–H and O–H groups in total. The lowest BCUT2D eigenvalue weighted by Crippen LogP contribution is -1.84. The molecule has 0 amide bonds. The zero-order valence-corrected chi connectivity index (χ0v) is 7.34. The van der Waals surface area contributed by atoms with Gasteiger partial charge >= 0.3 is 0 Å². The minimum atomic E-state index is 0.436. The van der Waals surface area contributed by atoms with E-state index in [2.05, 4.69) is 10.2 Å². The average Bonchev–Trinajstić information content (AvgIpc) is 2.05. The van der Waals surface area contributed by atoms with E-state index in [9.17, 15) is 0 Å². The first kappa shape index (κ1) is 7.50. The molecule has 12 heavy (non-hydrogen) atoms. The SMILES string of the molecule is Cc1ccc2cc(Cl)nnc2c1. The molecule has 2 nitrogen and oxygen atoms in total. The van der Waals surface area contributed by atoms with Gasteiger partial charge in [-0.3, -0.25) is 0 Å². The highest BCUT2D eigenvalue weighted by atomic mass is 35.5. The Morgan fingerprint density at radius 1 is 1.17 bits per heavy atom. The highest BCUT2D eigenvalue weighted by Gasteiger charge is 1.96. The van der Waals surface area contributed by atoms with Crippen LogP contribution in [0.3, 0.4) is 0 Å². The van der Waals surface area contributed by atoms with E-state index in [1.54, 1.807) is 0 Å². The first-order valence-corrected chi connectivity index (χ1v) is 4.03. The van der Waals surface area contributed by atoms with Crippen LogP contribution in [0.4, 0.5) is 0 Å². The summed E-state index contributed by atoms with van der Waals surface area (Å²) in [6.07, 6.45) is 0. The summed E-state index contributed by atoms with van der Waals surface area (Å²) >= 11 is 5.68. The second-order valence-corrected chi connectivity index (χ2v) is 3.12. The van der Waals surface area contributed by atoms with Crippen molar-refractivity contribution >= 4 is 22.5 Å². The number of aromatic nitrogens is 2. The molecule has 0 aliphatic rings. The third kappa shape index (κ3) is 1.25. The van der Waals surface area contributed by atoms with Crippen LogP contribution in [-0.4, -0.2) is 10.2 Å². The zero-order chi connectivity index (χ0) is 8.55. The van der Waals surface area contributed by atoms with E-state index in [1.807, 2.05) is 31.2 Å². The first-order valence-electron chi connectivity index (χ1n) is 3.65. The highest BCUT2D eigenvalue weighted by Crippen LogP contribution is 2.15. The molecule has 2 aromatic rings. The fourth-order valence-corrected chi connectivity index (χ4v) is 1.28. The van der Waals surface area contributed by atoms with Crippen molar-refractivity contribution in [3.8, 4) is 0 Å². The van der Waals surface area contributed by atoms with E-state index in [0.29, 0.717) is 5.15 Å². The van der Waals surface area contributed by atoms with E-state index < -0.39 is 0 Å². The number of fused-ring (bicyclic) bond motifs is 1. The van der Waals surface area contributed by atoms with Crippen molar-refractivity contribution < 1.29 is 0 Å². The van der Waals surface area contributed by atoms with Crippen LogP contribution >= 0.6 is 11.6 Å². The van der Waals surface area contributed by atoms with Gasteiger partial charge in [-0.25, -0.2) is 0 Å². The monoisotopic (exact) mass is 178 g/mol. The number of rotatable bonds is 0. The van der Waals surface area contributed by atoms with Gasteiger partial charge in [0.2, 0.25) is 0 Å². The number of aryl methyl sites for hydroxylation is 1. The molecule has 0 bridgehead atoms. The Labute approximate surface area is 75.2 Å². The van der Waals surface area contributed by atoms with Crippen molar-refractivity contribution in [3.63, 3.8) is 0 Å². The fraction of sp³-hybridized carbons (Fsp3) is 0.111. The molecule has 2 rings (SSSR count). The van der Waals surface area contributed by atoms with E-state index >= 15 is 0 Å². The molecule has 0 spiro atoms. The highest BCUT2D eigenvalue weighted by molar-refractivity contribution is 6.29.